The van der Waals surface area contributed by atoms with Crippen LogP contribution in [0.15, 0.2) is 12.1 Å². The van der Waals surface area contributed by atoms with Gasteiger partial charge in [-0.15, -0.1) is 10.2 Å². The zero-order valence-electron chi connectivity index (χ0n) is 11.9. The highest BCUT2D eigenvalue weighted by molar-refractivity contribution is 5.92. The molecule has 0 saturated carbocycles. The van der Waals surface area contributed by atoms with E-state index in [0.29, 0.717) is 12.4 Å². The molecule has 1 aromatic rings. The fraction of sp³-hybridized carbons (Fsp3) is 0.583. The van der Waals surface area contributed by atoms with Gasteiger partial charge in [0.2, 0.25) is 0 Å². The molecule has 1 rings (SSSR count). The van der Waals surface area contributed by atoms with Gasteiger partial charge in [0.15, 0.2) is 11.5 Å². The first kappa shape index (κ1) is 15.3. The van der Waals surface area contributed by atoms with E-state index in [1.54, 1.807) is 12.1 Å². The topological polar surface area (TPSA) is 96.2 Å². The molecule has 0 unspecified atom stereocenters. The number of rotatable bonds is 6. The largest absolute Gasteiger partial charge is 0.350 e. The van der Waals surface area contributed by atoms with Crippen LogP contribution in [0.4, 0.5) is 5.82 Å². The van der Waals surface area contributed by atoms with Crippen LogP contribution in [-0.4, -0.2) is 48.2 Å². The number of hydrogen-bond donors (Lipinski definition) is 3. The third-order valence-electron chi connectivity index (χ3n) is 2.52. The molecule has 0 aliphatic carbocycles. The van der Waals surface area contributed by atoms with Crippen LogP contribution in [0.3, 0.4) is 0 Å². The summed E-state index contributed by atoms with van der Waals surface area (Å²) in [6.07, 6.45) is 0. The summed E-state index contributed by atoms with van der Waals surface area (Å²) in [6.45, 7) is 5.65. The minimum absolute atomic E-state index is 0.00859. The first-order valence-electron chi connectivity index (χ1n) is 6.07. The number of hydrogen-bond acceptors (Lipinski definition) is 6. The Bertz CT molecular complexity index is 415. The van der Waals surface area contributed by atoms with E-state index in [1.165, 1.54) is 0 Å². The van der Waals surface area contributed by atoms with E-state index in [9.17, 15) is 4.79 Å². The third-order valence-corrected chi connectivity index (χ3v) is 2.52. The monoisotopic (exact) mass is 266 g/mol. The van der Waals surface area contributed by atoms with Crippen molar-refractivity contribution in [1.82, 2.24) is 20.4 Å². The highest BCUT2D eigenvalue weighted by Crippen LogP contribution is 2.14. The van der Waals surface area contributed by atoms with Crippen LogP contribution >= 0.6 is 0 Å². The lowest BCUT2D eigenvalue weighted by molar-refractivity contribution is 0.0923. The standard InChI is InChI=1S/C12H22N6O/c1-12(2,8-18(3)4)7-14-11(19)9-5-6-10(15-13)17-16-9/h5-6H,7-8,13H2,1-4H3,(H,14,19)(H,15,17). The van der Waals surface area contributed by atoms with E-state index in [-0.39, 0.29) is 17.0 Å². The highest BCUT2D eigenvalue weighted by Gasteiger charge is 2.20. The fourth-order valence-corrected chi connectivity index (χ4v) is 1.85. The molecule has 0 fully saturated rings. The SMILES string of the molecule is CN(C)CC(C)(C)CNC(=O)c1ccc(NN)nn1. The molecule has 0 saturated heterocycles. The second-order valence-corrected chi connectivity index (χ2v) is 5.53. The molecule has 0 aliphatic rings. The summed E-state index contributed by atoms with van der Waals surface area (Å²) in [5.41, 5.74) is 2.63. The smallest absolute Gasteiger partial charge is 0.271 e. The third kappa shape index (κ3) is 5.19. The lowest BCUT2D eigenvalue weighted by Crippen LogP contribution is -2.40. The molecule has 1 aromatic heterocycles. The second kappa shape index (κ2) is 6.44. The number of hydrazine groups is 1. The Morgan fingerprint density at radius 1 is 1.37 bits per heavy atom. The Balaban J connectivity index is 2.55. The highest BCUT2D eigenvalue weighted by atomic mass is 16.1. The van der Waals surface area contributed by atoms with Gasteiger partial charge in [-0.3, -0.25) is 4.79 Å². The number of carbonyl (C=O) groups is 1. The molecule has 4 N–H and O–H groups in total. The van der Waals surface area contributed by atoms with Crippen LogP contribution in [0, 0.1) is 5.41 Å². The predicted octanol–water partition coefficient (Wildman–Crippen LogP) is 0.0798. The van der Waals surface area contributed by atoms with Crippen molar-refractivity contribution >= 4 is 11.7 Å². The van der Waals surface area contributed by atoms with Gasteiger partial charge in [0.05, 0.1) is 0 Å². The Morgan fingerprint density at radius 3 is 2.53 bits per heavy atom. The van der Waals surface area contributed by atoms with Gasteiger partial charge < -0.3 is 15.6 Å². The van der Waals surface area contributed by atoms with Gasteiger partial charge in [-0.1, -0.05) is 13.8 Å². The maximum Gasteiger partial charge on any atom is 0.271 e. The van der Waals surface area contributed by atoms with Gasteiger partial charge in [0, 0.05) is 13.1 Å². The molecular formula is C12H22N6O. The van der Waals surface area contributed by atoms with Crippen LogP contribution in [0.5, 0.6) is 0 Å². The number of anilines is 1. The molecule has 0 aliphatic heterocycles. The molecule has 106 valence electrons. The summed E-state index contributed by atoms with van der Waals surface area (Å²) < 4.78 is 0. The molecule has 0 bridgehead atoms. The number of aromatic nitrogens is 2. The van der Waals surface area contributed by atoms with Crippen molar-refractivity contribution in [2.24, 2.45) is 11.3 Å². The van der Waals surface area contributed by atoms with Crippen molar-refractivity contribution in [1.29, 1.82) is 0 Å². The van der Waals surface area contributed by atoms with Crippen molar-refractivity contribution in [3.05, 3.63) is 17.8 Å². The first-order valence-corrected chi connectivity index (χ1v) is 6.07. The molecule has 0 radical (unpaired) electrons. The summed E-state index contributed by atoms with van der Waals surface area (Å²) in [7, 11) is 4.02. The molecule has 0 aromatic carbocycles. The molecule has 19 heavy (non-hydrogen) atoms. The van der Waals surface area contributed by atoms with Crippen molar-refractivity contribution in [2.75, 3.05) is 32.6 Å². The number of nitrogens with zero attached hydrogens (tertiary/aromatic N) is 3. The van der Waals surface area contributed by atoms with Crippen LogP contribution in [-0.2, 0) is 0 Å². The van der Waals surface area contributed by atoms with Crippen molar-refractivity contribution in [3.8, 4) is 0 Å². The number of carbonyl (C=O) groups excluding carboxylic acids is 1. The zero-order valence-corrected chi connectivity index (χ0v) is 11.9. The van der Waals surface area contributed by atoms with E-state index in [4.69, 9.17) is 5.84 Å². The molecule has 1 heterocycles. The van der Waals surface area contributed by atoms with E-state index in [1.807, 2.05) is 14.1 Å². The number of nitrogens with two attached hydrogens (primary N) is 1. The Labute approximate surface area is 113 Å². The number of amides is 1. The first-order chi connectivity index (χ1) is 8.84. The Hall–Kier alpha value is -1.73. The maximum absolute atomic E-state index is 11.9. The molecule has 1 amide bonds. The van der Waals surface area contributed by atoms with Gasteiger partial charge in [0.1, 0.15) is 0 Å². The summed E-state index contributed by atoms with van der Waals surface area (Å²) in [5.74, 6) is 5.37. The normalized spacial score (nSPS) is 11.5. The summed E-state index contributed by atoms with van der Waals surface area (Å²) in [4.78, 5) is 14.0. The van der Waals surface area contributed by atoms with Gasteiger partial charge in [-0.25, -0.2) is 5.84 Å². The number of nitrogens with one attached hydrogen (secondary N) is 2. The molecule has 7 nitrogen and oxygen atoms in total. The van der Waals surface area contributed by atoms with Gasteiger partial charge in [-0.2, -0.15) is 0 Å². The Kier molecular flexibility index (Phi) is 5.20. The van der Waals surface area contributed by atoms with Crippen molar-refractivity contribution < 1.29 is 4.79 Å². The molecular weight excluding hydrogens is 244 g/mol. The Morgan fingerprint density at radius 2 is 2.05 bits per heavy atom. The maximum atomic E-state index is 11.9. The predicted molar refractivity (Wildman–Crippen MR) is 74.5 cm³/mol. The lowest BCUT2D eigenvalue weighted by atomic mass is 9.93. The van der Waals surface area contributed by atoms with Crippen LogP contribution in [0.2, 0.25) is 0 Å². The summed E-state index contributed by atoms with van der Waals surface area (Å²) in [6, 6.07) is 3.18. The van der Waals surface area contributed by atoms with Gasteiger partial charge in [-0.05, 0) is 31.6 Å². The minimum Gasteiger partial charge on any atom is -0.350 e. The van der Waals surface area contributed by atoms with Crippen molar-refractivity contribution in [3.63, 3.8) is 0 Å². The van der Waals surface area contributed by atoms with E-state index in [2.05, 4.69) is 39.7 Å². The fourth-order valence-electron chi connectivity index (χ4n) is 1.85. The summed E-state index contributed by atoms with van der Waals surface area (Å²) >= 11 is 0. The van der Waals surface area contributed by atoms with E-state index in [0.717, 1.165) is 6.54 Å². The van der Waals surface area contributed by atoms with E-state index >= 15 is 0 Å². The van der Waals surface area contributed by atoms with E-state index < -0.39 is 0 Å². The van der Waals surface area contributed by atoms with Gasteiger partial charge in [0.25, 0.3) is 5.91 Å². The second-order valence-electron chi connectivity index (χ2n) is 5.53. The average molecular weight is 266 g/mol. The van der Waals surface area contributed by atoms with Gasteiger partial charge >= 0.3 is 0 Å². The molecule has 0 spiro atoms. The minimum atomic E-state index is -0.233. The van der Waals surface area contributed by atoms with Crippen LogP contribution < -0.4 is 16.6 Å². The number of nitrogen functional groups attached to an aromatic ring is 1. The quantitative estimate of drug-likeness (QED) is 0.498. The lowest BCUT2D eigenvalue weighted by Gasteiger charge is -2.28. The van der Waals surface area contributed by atoms with Crippen molar-refractivity contribution in [2.45, 2.75) is 13.8 Å². The molecule has 7 heteroatoms. The summed E-state index contributed by atoms with van der Waals surface area (Å²) in [5, 5.41) is 10.4. The molecule has 0 atom stereocenters. The zero-order chi connectivity index (χ0) is 14.5. The average Bonchev–Trinajstić information content (AvgIpc) is 2.34. The van der Waals surface area contributed by atoms with Crippen LogP contribution in [0.25, 0.3) is 0 Å². The van der Waals surface area contributed by atoms with Crippen LogP contribution in [0.1, 0.15) is 24.3 Å².